The van der Waals surface area contributed by atoms with Gasteiger partial charge in [-0.1, -0.05) is 30.3 Å². The second-order valence-electron chi connectivity index (χ2n) is 5.04. The number of pyridine rings is 1. The number of benzene rings is 1. The number of fused-ring (bicyclic) bond motifs is 1. The molecule has 0 saturated heterocycles. The maximum atomic E-state index is 11.9. The van der Waals surface area contributed by atoms with E-state index in [-0.39, 0.29) is 12.2 Å². The summed E-state index contributed by atoms with van der Waals surface area (Å²) in [6.45, 7) is 0.206. The Labute approximate surface area is 122 Å². The van der Waals surface area contributed by atoms with Crippen molar-refractivity contribution in [3.8, 4) is 0 Å². The van der Waals surface area contributed by atoms with Gasteiger partial charge in [0.1, 0.15) is 6.61 Å². The molecule has 0 bridgehead atoms. The van der Waals surface area contributed by atoms with E-state index in [1.165, 1.54) is 6.07 Å². The summed E-state index contributed by atoms with van der Waals surface area (Å²) in [6, 6.07) is 10.9. The van der Waals surface area contributed by atoms with E-state index in [2.05, 4.69) is 10.3 Å². The SMILES string of the molecule is O=C(Nc1cc(=O)[nH]c2c1CCC2)OCc1ccccc1. The molecule has 2 aromatic rings. The van der Waals surface area contributed by atoms with Crippen molar-refractivity contribution in [2.24, 2.45) is 0 Å². The number of rotatable bonds is 3. The predicted octanol–water partition coefficient (Wildman–Crippen LogP) is 2.61. The predicted molar refractivity (Wildman–Crippen MR) is 79.3 cm³/mol. The Balaban J connectivity index is 1.67. The Bertz CT molecular complexity index is 707. The van der Waals surface area contributed by atoms with E-state index >= 15 is 0 Å². The lowest BCUT2D eigenvalue weighted by Gasteiger charge is -2.10. The normalized spacial score (nSPS) is 12.8. The van der Waals surface area contributed by atoms with Gasteiger partial charge in [-0.05, 0) is 30.4 Å². The maximum absolute atomic E-state index is 11.9. The van der Waals surface area contributed by atoms with Crippen LogP contribution >= 0.6 is 0 Å². The van der Waals surface area contributed by atoms with Crippen LogP contribution in [0, 0.1) is 0 Å². The van der Waals surface area contributed by atoms with Gasteiger partial charge in [0, 0.05) is 11.8 Å². The Morgan fingerprint density at radius 2 is 2.05 bits per heavy atom. The van der Waals surface area contributed by atoms with Gasteiger partial charge in [-0.3, -0.25) is 10.1 Å². The first-order chi connectivity index (χ1) is 10.2. The average molecular weight is 284 g/mol. The topological polar surface area (TPSA) is 71.2 Å². The second-order valence-corrected chi connectivity index (χ2v) is 5.04. The lowest BCUT2D eigenvalue weighted by Crippen LogP contribution is -2.18. The lowest BCUT2D eigenvalue weighted by atomic mass is 10.2. The number of carbonyl (C=O) groups excluding carboxylic acids is 1. The Morgan fingerprint density at radius 1 is 1.24 bits per heavy atom. The van der Waals surface area contributed by atoms with Crippen LogP contribution in [0.25, 0.3) is 0 Å². The molecule has 1 aliphatic carbocycles. The molecular formula is C16H16N2O3. The molecule has 0 saturated carbocycles. The largest absolute Gasteiger partial charge is 0.444 e. The van der Waals surface area contributed by atoms with E-state index in [1.807, 2.05) is 30.3 Å². The van der Waals surface area contributed by atoms with Gasteiger partial charge in [-0.25, -0.2) is 4.79 Å². The average Bonchev–Trinajstić information content (AvgIpc) is 2.94. The minimum absolute atomic E-state index is 0.200. The van der Waals surface area contributed by atoms with Crippen molar-refractivity contribution in [1.29, 1.82) is 0 Å². The van der Waals surface area contributed by atoms with Crippen molar-refractivity contribution < 1.29 is 9.53 Å². The van der Waals surface area contributed by atoms with Crippen molar-refractivity contribution in [2.75, 3.05) is 5.32 Å². The van der Waals surface area contributed by atoms with Gasteiger partial charge in [0.25, 0.3) is 0 Å². The molecule has 0 spiro atoms. The van der Waals surface area contributed by atoms with Crippen LogP contribution in [0.5, 0.6) is 0 Å². The van der Waals surface area contributed by atoms with Gasteiger partial charge in [0.15, 0.2) is 0 Å². The molecule has 1 amide bonds. The van der Waals surface area contributed by atoms with Crippen molar-refractivity contribution >= 4 is 11.8 Å². The number of H-pyrrole nitrogens is 1. The zero-order chi connectivity index (χ0) is 14.7. The quantitative estimate of drug-likeness (QED) is 0.910. The zero-order valence-electron chi connectivity index (χ0n) is 11.5. The van der Waals surface area contributed by atoms with Crippen LogP contribution in [0.1, 0.15) is 23.2 Å². The number of hydrogen-bond donors (Lipinski definition) is 2. The molecule has 108 valence electrons. The minimum Gasteiger partial charge on any atom is -0.444 e. The highest BCUT2D eigenvalue weighted by atomic mass is 16.5. The van der Waals surface area contributed by atoms with Gasteiger partial charge in [0.2, 0.25) is 5.56 Å². The standard InChI is InChI=1S/C16H16N2O3/c19-15-9-14(12-7-4-8-13(12)17-15)18-16(20)21-10-11-5-2-1-3-6-11/h1-3,5-6,9H,4,7-8,10H2,(H2,17,18,19,20). The summed E-state index contributed by atoms with van der Waals surface area (Å²) < 4.78 is 5.17. The first-order valence-electron chi connectivity index (χ1n) is 6.95. The summed E-state index contributed by atoms with van der Waals surface area (Å²) in [5, 5.41) is 2.67. The zero-order valence-corrected chi connectivity index (χ0v) is 11.5. The maximum Gasteiger partial charge on any atom is 0.411 e. The molecule has 0 atom stereocenters. The van der Waals surface area contributed by atoms with Crippen LogP contribution < -0.4 is 10.9 Å². The number of ether oxygens (including phenoxy) is 1. The summed E-state index contributed by atoms with van der Waals surface area (Å²) in [4.78, 5) is 26.2. The van der Waals surface area contributed by atoms with E-state index < -0.39 is 6.09 Å². The molecule has 1 heterocycles. The number of amides is 1. The third-order valence-electron chi connectivity index (χ3n) is 3.54. The first-order valence-corrected chi connectivity index (χ1v) is 6.95. The third kappa shape index (κ3) is 3.13. The highest BCUT2D eigenvalue weighted by molar-refractivity contribution is 5.85. The fourth-order valence-corrected chi connectivity index (χ4v) is 2.56. The summed E-state index contributed by atoms with van der Waals surface area (Å²) in [6.07, 6.45) is 2.15. The van der Waals surface area contributed by atoms with Crippen LogP contribution in [0.3, 0.4) is 0 Å². The highest BCUT2D eigenvalue weighted by Crippen LogP contribution is 2.25. The number of carbonyl (C=O) groups is 1. The highest BCUT2D eigenvalue weighted by Gasteiger charge is 2.18. The van der Waals surface area contributed by atoms with Crippen LogP contribution in [-0.2, 0) is 24.2 Å². The molecular weight excluding hydrogens is 268 g/mol. The Morgan fingerprint density at radius 3 is 2.86 bits per heavy atom. The summed E-state index contributed by atoms with van der Waals surface area (Å²) in [5.74, 6) is 0. The van der Waals surface area contributed by atoms with Gasteiger partial charge in [0.05, 0.1) is 5.69 Å². The van der Waals surface area contributed by atoms with Gasteiger partial charge >= 0.3 is 6.09 Å². The molecule has 0 radical (unpaired) electrons. The number of nitrogens with one attached hydrogen (secondary N) is 2. The van der Waals surface area contributed by atoms with E-state index in [4.69, 9.17) is 4.74 Å². The smallest absolute Gasteiger partial charge is 0.411 e. The molecule has 21 heavy (non-hydrogen) atoms. The minimum atomic E-state index is -0.543. The Kier molecular flexibility index (Phi) is 3.73. The van der Waals surface area contributed by atoms with Gasteiger partial charge < -0.3 is 9.72 Å². The van der Waals surface area contributed by atoms with Crippen molar-refractivity contribution in [2.45, 2.75) is 25.9 Å². The lowest BCUT2D eigenvalue weighted by molar-refractivity contribution is 0.155. The molecule has 0 unspecified atom stereocenters. The van der Waals surface area contributed by atoms with Crippen LogP contribution in [0.4, 0.5) is 10.5 Å². The van der Waals surface area contributed by atoms with Crippen LogP contribution in [-0.4, -0.2) is 11.1 Å². The fraction of sp³-hybridized carbons (Fsp3) is 0.250. The summed E-state index contributed by atoms with van der Waals surface area (Å²) >= 11 is 0. The van der Waals surface area contributed by atoms with Crippen LogP contribution in [0.15, 0.2) is 41.2 Å². The van der Waals surface area contributed by atoms with Crippen molar-refractivity contribution in [3.05, 3.63) is 63.6 Å². The number of hydrogen-bond acceptors (Lipinski definition) is 3. The van der Waals surface area contributed by atoms with E-state index in [1.54, 1.807) is 0 Å². The number of aryl methyl sites for hydroxylation is 1. The third-order valence-corrected chi connectivity index (χ3v) is 3.54. The molecule has 5 heteroatoms. The van der Waals surface area contributed by atoms with E-state index in [9.17, 15) is 9.59 Å². The molecule has 1 aliphatic rings. The first kappa shape index (κ1) is 13.4. The molecule has 1 aromatic carbocycles. The monoisotopic (exact) mass is 284 g/mol. The number of aromatic amines is 1. The van der Waals surface area contributed by atoms with E-state index in [0.29, 0.717) is 5.69 Å². The summed E-state index contributed by atoms with van der Waals surface area (Å²) in [7, 11) is 0. The molecule has 1 aromatic heterocycles. The van der Waals surface area contributed by atoms with E-state index in [0.717, 1.165) is 36.1 Å². The molecule has 0 fully saturated rings. The van der Waals surface area contributed by atoms with Crippen molar-refractivity contribution in [3.63, 3.8) is 0 Å². The molecule has 0 aliphatic heterocycles. The number of anilines is 1. The molecule has 5 nitrogen and oxygen atoms in total. The Hall–Kier alpha value is -2.56. The van der Waals surface area contributed by atoms with Gasteiger partial charge in [-0.15, -0.1) is 0 Å². The van der Waals surface area contributed by atoms with Crippen molar-refractivity contribution in [1.82, 2.24) is 4.98 Å². The van der Waals surface area contributed by atoms with Gasteiger partial charge in [-0.2, -0.15) is 0 Å². The number of aromatic nitrogens is 1. The van der Waals surface area contributed by atoms with Crippen LogP contribution in [0.2, 0.25) is 0 Å². The molecule has 2 N–H and O–H groups in total. The molecule has 3 rings (SSSR count). The second kappa shape index (κ2) is 5.83. The fourth-order valence-electron chi connectivity index (χ4n) is 2.56. The summed E-state index contributed by atoms with van der Waals surface area (Å²) in [5.41, 5.74) is 3.20.